The van der Waals surface area contributed by atoms with E-state index in [0.29, 0.717) is 18.4 Å². The number of unbranched alkanes of at least 4 members (excludes halogenated alkanes) is 2. The summed E-state index contributed by atoms with van der Waals surface area (Å²) < 4.78 is 47.3. The minimum absolute atomic E-state index is 0.0145. The highest BCUT2D eigenvalue weighted by molar-refractivity contribution is 8.03. The largest absolute Gasteiger partial charge is 0.491 e. The summed E-state index contributed by atoms with van der Waals surface area (Å²) in [5, 5.41) is 0. The zero-order valence-corrected chi connectivity index (χ0v) is 18.6. The van der Waals surface area contributed by atoms with Crippen molar-refractivity contribution in [1.82, 2.24) is 4.90 Å². The third-order valence-corrected chi connectivity index (χ3v) is 6.53. The molecule has 0 spiro atoms. The average Bonchev–Trinajstić information content (AvgIpc) is 2.77. The number of thioether (sulfide) groups is 1. The van der Waals surface area contributed by atoms with Crippen LogP contribution in [0.3, 0.4) is 0 Å². The minimum atomic E-state index is -1.19. The molecule has 2 aliphatic rings. The van der Waals surface area contributed by atoms with Gasteiger partial charge >= 0.3 is 0 Å². The zero-order valence-electron chi connectivity index (χ0n) is 17.8. The highest BCUT2D eigenvalue weighted by Gasteiger charge is 2.25. The number of allylic oxidation sites excluding steroid dienone is 4. The van der Waals surface area contributed by atoms with Gasteiger partial charge in [-0.2, -0.15) is 0 Å². The lowest BCUT2D eigenvalue weighted by Crippen LogP contribution is -2.26. The van der Waals surface area contributed by atoms with Crippen LogP contribution in [0.5, 0.6) is 0 Å². The summed E-state index contributed by atoms with van der Waals surface area (Å²) in [4.78, 5) is 3.31. The Morgan fingerprint density at radius 2 is 1.63 bits per heavy atom. The quantitative estimate of drug-likeness (QED) is 0.384. The van der Waals surface area contributed by atoms with E-state index in [1.165, 1.54) is 31.4 Å². The third kappa shape index (κ3) is 5.45. The van der Waals surface area contributed by atoms with Gasteiger partial charge in [0.2, 0.25) is 0 Å². The van der Waals surface area contributed by atoms with Gasteiger partial charge in [-0.15, -0.1) is 11.8 Å². The molecule has 0 saturated carbocycles. The van der Waals surface area contributed by atoms with Crippen molar-refractivity contribution in [3.63, 3.8) is 0 Å². The zero-order chi connectivity index (χ0) is 21.5. The lowest BCUT2D eigenvalue weighted by molar-refractivity contribution is 0.295. The van der Waals surface area contributed by atoms with Gasteiger partial charge < -0.3 is 9.64 Å². The van der Waals surface area contributed by atoms with Crippen LogP contribution in [0.1, 0.15) is 57.9 Å². The second kappa shape index (κ2) is 11.0. The lowest BCUT2D eigenvalue weighted by atomic mass is 9.98. The van der Waals surface area contributed by atoms with Gasteiger partial charge in [-0.25, -0.2) is 13.2 Å². The maximum Gasteiger partial charge on any atom is 0.161 e. The van der Waals surface area contributed by atoms with Gasteiger partial charge in [-0.05, 0) is 43.4 Å². The number of hydrogen-bond acceptors (Lipinski definition) is 3. The van der Waals surface area contributed by atoms with E-state index in [4.69, 9.17) is 4.74 Å². The number of rotatable bonds is 9. The van der Waals surface area contributed by atoms with Crippen LogP contribution >= 0.6 is 11.8 Å². The predicted molar refractivity (Wildman–Crippen MR) is 118 cm³/mol. The molecule has 6 heteroatoms. The molecule has 1 aliphatic carbocycles. The first kappa shape index (κ1) is 22.9. The van der Waals surface area contributed by atoms with Crippen LogP contribution < -0.4 is 0 Å². The van der Waals surface area contributed by atoms with Gasteiger partial charge in [0.05, 0.1) is 17.1 Å². The molecule has 0 radical (unpaired) electrons. The minimum Gasteiger partial charge on any atom is -0.491 e. The maximum absolute atomic E-state index is 14.4. The summed E-state index contributed by atoms with van der Waals surface area (Å²) in [7, 11) is 0. The second-order valence-electron chi connectivity index (χ2n) is 7.65. The van der Waals surface area contributed by atoms with Gasteiger partial charge in [0.25, 0.3) is 0 Å². The first-order valence-electron chi connectivity index (χ1n) is 10.8. The number of benzene rings is 1. The van der Waals surface area contributed by atoms with Crippen molar-refractivity contribution in [3.8, 4) is 0 Å². The molecule has 0 aromatic heterocycles. The Balaban J connectivity index is 1.90. The summed E-state index contributed by atoms with van der Waals surface area (Å²) in [6.45, 7) is 6.96. The third-order valence-electron chi connectivity index (χ3n) is 5.43. The monoisotopic (exact) mass is 437 g/mol. The van der Waals surface area contributed by atoms with E-state index in [0.717, 1.165) is 48.2 Å². The summed E-state index contributed by atoms with van der Waals surface area (Å²) in [5.41, 5.74) is 2.39. The van der Waals surface area contributed by atoms with Gasteiger partial charge in [-0.1, -0.05) is 32.8 Å². The van der Waals surface area contributed by atoms with Crippen LogP contribution in [0.2, 0.25) is 0 Å². The smallest absolute Gasteiger partial charge is 0.161 e. The fourth-order valence-electron chi connectivity index (χ4n) is 3.73. The van der Waals surface area contributed by atoms with Crippen molar-refractivity contribution in [2.45, 2.75) is 52.4 Å². The molecule has 0 amide bonds. The Hall–Kier alpha value is -1.82. The molecule has 30 heavy (non-hydrogen) atoms. The molecule has 0 fully saturated rings. The van der Waals surface area contributed by atoms with Crippen molar-refractivity contribution >= 4 is 17.5 Å². The number of hydrogen-bond donors (Lipinski definition) is 0. The van der Waals surface area contributed by atoms with E-state index in [1.807, 2.05) is 0 Å². The molecule has 0 N–H and O–H groups in total. The molecular formula is C24H30F3NOS. The van der Waals surface area contributed by atoms with Crippen molar-refractivity contribution in [2.75, 3.05) is 25.4 Å². The molecule has 2 nitrogen and oxygen atoms in total. The van der Waals surface area contributed by atoms with Gasteiger partial charge in [-0.3, -0.25) is 0 Å². The van der Waals surface area contributed by atoms with Gasteiger partial charge in [0, 0.05) is 30.6 Å². The molecule has 164 valence electrons. The predicted octanol–water partition coefficient (Wildman–Crippen LogP) is 7.04. The Labute approximate surface area is 181 Å². The molecule has 0 atom stereocenters. The Morgan fingerprint density at radius 3 is 2.27 bits per heavy atom. The summed E-state index contributed by atoms with van der Waals surface area (Å²) in [5.74, 6) is -2.00. The highest BCUT2D eigenvalue weighted by atomic mass is 32.2. The van der Waals surface area contributed by atoms with E-state index in [9.17, 15) is 13.2 Å². The maximum atomic E-state index is 14.4. The molecule has 0 unspecified atom stereocenters. The van der Waals surface area contributed by atoms with Crippen LogP contribution in [0.4, 0.5) is 13.2 Å². The number of nitrogens with zero attached hydrogens (tertiary/aromatic N) is 1. The van der Waals surface area contributed by atoms with Crippen molar-refractivity contribution in [1.29, 1.82) is 0 Å². The van der Waals surface area contributed by atoms with Crippen molar-refractivity contribution in [3.05, 3.63) is 63.5 Å². The van der Waals surface area contributed by atoms with E-state index in [2.05, 4.69) is 30.9 Å². The molecule has 0 saturated heterocycles. The molecule has 1 aromatic carbocycles. The van der Waals surface area contributed by atoms with E-state index < -0.39 is 17.5 Å². The molecule has 1 heterocycles. The van der Waals surface area contributed by atoms with E-state index in [1.54, 1.807) is 11.8 Å². The van der Waals surface area contributed by atoms with Crippen LogP contribution in [0.15, 0.2) is 40.5 Å². The molecule has 3 rings (SSSR count). The van der Waals surface area contributed by atoms with E-state index >= 15 is 0 Å². The second-order valence-corrected chi connectivity index (χ2v) is 8.75. The Morgan fingerprint density at radius 1 is 0.933 bits per heavy atom. The summed E-state index contributed by atoms with van der Waals surface area (Å²) >= 11 is 1.59. The van der Waals surface area contributed by atoms with Crippen LogP contribution in [-0.4, -0.2) is 30.3 Å². The fraction of sp³-hybridized carbons (Fsp3) is 0.500. The fourth-order valence-corrected chi connectivity index (χ4v) is 4.76. The first-order chi connectivity index (χ1) is 14.5. The van der Waals surface area contributed by atoms with Crippen LogP contribution in [0.25, 0.3) is 5.76 Å². The van der Waals surface area contributed by atoms with Crippen LogP contribution in [-0.2, 0) is 4.74 Å². The average molecular weight is 438 g/mol. The topological polar surface area (TPSA) is 12.5 Å². The molecule has 1 aliphatic heterocycles. The standard InChI is InChI=1S/C24H30F3NOS/c1-3-5-11-28(12-6-4-2)18-9-7-17(8-10-18)24-23(29-13-14-30-24)19-15-21(26)22(27)16-20(19)25/h7,9,15-16H,3-6,8,10-14H2,1-2H3. The highest BCUT2D eigenvalue weighted by Crippen LogP contribution is 2.41. The summed E-state index contributed by atoms with van der Waals surface area (Å²) in [6, 6.07) is 1.48. The Bertz CT molecular complexity index is 839. The van der Waals surface area contributed by atoms with Gasteiger partial charge in [0.15, 0.2) is 11.6 Å². The van der Waals surface area contributed by atoms with E-state index in [-0.39, 0.29) is 5.56 Å². The van der Waals surface area contributed by atoms with Gasteiger partial charge in [0.1, 0.15) is 11.6 Å². The normalized spacial score (nSPS) is 16.8. The lowest BCUT2D eigenvalue weighted by Gasteiger charge is -2.30. The Kier molecular flexibility index (Phi) is 8.37. The first-order valence-corrected chi connectivity index (χ1v) is 11.8. The van der Waals surface area contributed by atoms with Crippen molar-refractivity contribution in [2.24, 2.45) is 0 Å². The molecule has 1 aromatic rings. The molecule has 0 bridgehead atoms. The SMILES string of the molecule is CCCCN(CCCC)C1=CC=C(C2=C(c3cc(F)c(F)cc3F)OCCS2)CC1. The van der Waals surface area contributed by atoms with Crippen molar-refractivity contribution < 1.29 is 17.9 Å². The summed E-state index contributed by atoms with van der Waals surface area (Å²) in [6.07, 6.45) is 10.7. The molecular weight excluding hydrogens is 407 g/mol. The number of halogens is 3. The van der Waals surface area contributed by atoms with Crippen LogP contribution in [0, 0.1) is 17.5 Å². The number of ether oxygens (including phenoxy) is 1.